The molecule has 0 aliphatic heterocycles. The van der Waals surface area contributed by atoms with Crippen LogP contribution in [0.15, 0.2) is 60.6 Å². The van der Waals surface area contributed by atoms with Crippen LogP contribution in [0.5, 0.6) is 0 Å². The molecule has 28 heavy (non-hydrogen) atoms. The van der Waals surface area contributed by atoms with Crippen LogP contribution in [0.2, 0.25) is 0 Å². The van der Waals surface area contributed by atoms with Crippen LogP contribution < -0.4 is 10.8 Å². The Balaban J connectivity index is 1.65. The van der Waals surface area contributed by atoms with Crippen molar-refractivity contribution in [2.24, 2.45) is 0 Å². The highest BCUT2D eigenvalue weighted by molar-refractivity contribution is 5.97. The summed E-state index contributed by atoms with van der Waals surface area (Å²) < 4.78 is 0. The number of nitrogens with one attached hydrogen (secondary N) is 3. The molecule has 1 aromatic carbocycles. The largest absolute Gasteiger partial charge is 0.348 e. The molecule has 1 unspecified atom stereocenters. The first-order chi connectivity index (χ1) is 13.6. The van der Waals surface area contributed by atoms with Gasteiger partial charge < -0.3 is 10.3 Å². The normalized spacial score (nSPS) is 16.9. The molecule has 0 bridgehead atoms. The zero-order chi connectivity index (χ0) is 19.9. The number of benzene rings is 1. The molecule has 3 rings (SSSR count). The second-order valence-corrected chi connectivity index (χ2v) is 6.74. The number of hydroxylamine groups is 1. The number of H-pyrrole nitrogens is 1. The fourth-order valence-electron chi connectivity index (χ4n) is 3.20. The van der Waals surface area contributed by atoms with E-state index in [4.69, 9.17) is 5.21 Å². The number of carbonyl (C=O) groups is 2. The van der Waals surface area contributed by atoms with Crippen LogP contribution in [0.3, 0.4) is 0 Å². The number of allylic oxidation sites excluding steroid dienone is 4. The topological polar surface area (TPSA) is 107 Å². The summed E-state index contributed by atoms with van der Waals surface area (Å²) in [5, 5.41) is 11.6. The van der Waals surface area contributed by atoms with Crippen molar-refractivity contribution in [1.29, 1.82) is 0 Å². The lowest BCUT2D eigenvalue weighted by atomic mass is 9.89. The van der Waals surface area contributed by atoms with Crippen molar-refractivity contribution in [1.82, 2.24) is 20.8 Å². The predicted octanol–water partition coefficient (Wildman–Crippen LogP) is 2.64. The van der Waals surface area contributed by atoms with Gasteiger partial charge in [-0.05, 0) is 30.5 Å². The highest BCUT2D eigenvalue weighted by Gasteiger charge is 2.22. The van der Waals surface area contributed by atoms with Crippen LogP contribution in [0.25, 0.3) is 0 Å². The van der Waals surface area contributed by atoms with Gasteiger partial charge in [0.25, 0.3) is 11.8 Å². The predicted molar refractivity (Wildman–Crippen MR) is 105 cm³/mol. The summed E-state index contributed by atoms with van der Waals surface area (Å²) >= 11 is 0. The first-order valence-electron chi connectivity index (χ1n) is 9.30. The van der Waals surface area contributed by atoms with Crippen LogP contribution in [-0.4, -0.2) is 33.0 Å². The van der Waals surface area contributed by atoms with E-state index >= 15 is 0 Å². The minimum absolute atomic E-state index is 0.190. The Bertz CT molecular complexity index is 870. The third kappa shape index (κ3) is 4.75. The van der Waals surface area contributed by atoms with E-state index in [1.54, 1.807) is 23.8 Å². The average Bonchev–Trinajstić information content (AvgIpc) is 3.26. The van der Waals surface area contributed by atoms with Crippen molar-refractivity contribution in [2.45, 2.75) is 38.1 Å². The molecule has 0 fully saturated rings. The number of hydrogen-bond acceptors (Lipinski definition) is 4. The number of hydrogen-bond donors (Lipinski definition) is 4. The summed E-state index contributed by atoms with van der Waals surface area (Å²) in [5.74, 6) is -0.766. The monoisotopic (exact) mass is 380 g/mol. The fourth-order valence-corrected chi connectivity index (χ4v) is 3.20. The molecule has 0 radical (unpaired) electrons. The molecule has 2 amide bonds. The SMILES string of the molecule is CCC1=CCC(c2ccc(C(=O)N[C@@H](Cc3cnc[nH]3)C(=O)NO)cc2)C=C1. The molecule has 4 N–H and O–H groups in total. The van der Waals surface area contributed by atoms with Crippen LogP contribution >= 0.6 is 0 Å². The van der Waals surface area contributed by atoms with Gasteiger partial charge in [-0.15, -0.1) is 0 Å². The van der Waals surface area contributed by atoms with Gasteiger partial charge in [-0.3, -0.25) is 14.8 Å². The molecular formula is C21H24N4O3. The maximum absolute atomic E-state index is 12.6. The molecule has 1 aliphatic rings. The van der Waals surface area contributed by atoms with Crippen molar-refractivity contribution < 1.29 is 14.8 Å². The summed E-state index contributed by atoms with van der Waals surface area (Å²) in [5.41, 5.74) is 5.21. The lowest BCUT2D eigenvalue weighted by molar-refractivity contribution is -0.131. The smallest absolute Gasteiger partial charge is 0.266 e. The molecular weight excluding hydrogens is 356 g/mol. The quantitative estimate of drug-likeness (QED) is 0.437. The van der Waals surface area contributed by atoms with E-state index < -0.39 is 11.9 Å². The molecule has 7 heteroatoms. The molecule has 1 heterocycles. The Hall–Kier alpha value is -3.19. The second kappa shape index (κ2) is 9.14. The van der Waals surface area contributed by atoms with E-state index in [9.17, 15) is 9.59 Å². The van der Waals surface area contributed by atoms with Crippen LogP contribution in [0.4, 0.5) is 0 Å². The van der Waals surface area contributed by atoms with Crippen molar-refractivity contribution >= 4 is 11.8 Å². The van der Waals surface area contributed by atoms with Crippen molar-refractivity contribution in [3.63, 3.8) is 0 Å². The van der Waals surface area contributed by atoms with Gasteiger partial charge in [-0.25, -0.2) is 10.5 Å². The number of amides is 2. The lowest BCUT2D eigenvalue weighted by Gasteiger charge is -2.18. The van der Waals surface area contributed by atoms with E-state index in [1.165, 1.54) is 11.9 Å². The van der Waals surface area contributed by atoms with E-state index in [2.05, 4.69) is 40.4 Å². The Morgan fingerprint density at radius 1 is 1.32 bits per heavy atom. The minimum atomic E-state index is -0.920. The summed E-state index contributed by atoms with van der Waals surface area (Å²) in [6, 6.07) is 6.45. The van der Waals surface area contributed by atoms with E-state index in [1.807, 2.05) is 12.1 Å². The first kappa shape index (κ1) is 19.6. The summed E-state index contributed by atoms with van der Waals surface area (Å²) in [4.78, 5) is 31.2. The van der Waals surface area contributed by atoms with Crippen LogP contribution in [0, 0.1) is 0 Å². The van der Waals surface area contributed by atoms with E-state index in [0.717, 1.165) is 18.4 Å². The second-order valence-electron chi connectivity index (χ2n) is 6.74. The van der Waals surface area contributed by atoms with Gasteiger partial charge in [-0.1, -0.05) is 42.9 Å². The number of rotatable bonds is 7. The number of aromatic nitrogens is 2. The minimum Gasteiger partial charge on any atom is -0.348 e. The Kier molecular flexibility index (Phi) is 6.39. The highest BCUT2D eigenvalue weighted by Crippen LogP contribution is 2.27. The van der Waals surface area contributed by atoms with Crippen molar-refractivity contribution in [2.75, 3.05) is 0 Å². The Morgan fingerprint density at radius 3 is 2.68 bits per heavy atom. The van der Waals surface area contributed by atoms with Gasteiger partial charge in [0.15, 0.2) is 0 Å². The highest BCUT2D eigenvalue weighted by atomic mass is 16.5. The van der Waals surface area contributed by atoms with Crippen LogP contribution in [0.1, 0.15) is 47.3 Å². The average molecular weight is 380 g/mol. The van der Waals surface area contributed by atoms with Crippen molar-refractivity contribution in [3.05, 3.63) is 77.4 Å². The fraction of sp³-hybridized carbons (Fsp3) is 0.286. The number of carbonyl (C=O) groups excluding carboxylic acids is 2. The van der Waals surface area contributed by atoms with Gasteiger partial charge in [0.05, 0.1) is 6.33 Å². The standard InChI is InChI=1S/C21H24N4O3/c1-2-14-3-5-15(6-4-14)16-7-9-17(10-8-16)20(26)24-19(21(27)25-28)11-18-12-22-13-23-18/h3-5,7-10,12-13,15,19,28H,2,6,11H2,1H3,(H,22,23)(H,24,26)(H,25,27)/t15?,19-/m0/s1. The first-order valence-corrected chi connectivity index (χ1v) is 9.30. The van der Waals surface area contributed by atoms with Gasteiger partial charge in [0.2, 0.25) is 0 Å². The molecule has 7 nitrogen and oxygen atoms in total. The van der Waals surface area contributed by atoms with Crippen molar-refractivity contribution in [3.8, 4) is 0 Å². The Morgan fingerprint density at radius 2 is 2.11 bits per heavy atom. The van der Waals surface area contributed by atoms with Gasteiger partial charge >= 0.3 is 0 Å². The zero-order valence-electron chi connectivity index (χ0n) is 15.7. The van der Waals surface area contributed by atoms with Gasteiger partial charge in [-0.2, -0.15) is 0 Å². The van der Waals surface area contributed by atoms with Gasteiger partial charge in [0, 0.05) is 29.8 Å². The Labute approximate surface area is 163 Å². The van der Waals surface area contributed by atoms with E-state index in [-0.39, 0.29) is 12.3 Å². The maximum atomic E-state index is 12.6. The zero-order valence-corrected chi connectivity index (χ0v) is 15.7. The molecule has 2 atom stereocenters. The molecule has 0 spiro atoms. The lowest BCUT2D eigenvalue weighted by Crippen LogP contribution is -2.47. The third-order valence-electron chi connectivity index (χ3n) is 4.90. The van der Waals surface area contributed by atoms with E-state index in [0.29, 0.717) is 17.2 Å². The third-order valence-corrected chi connectivity index (χ3v) is 4.90. The summed E-state index contributed by atoms with van der Waals surface area (Å²) in [6.07, 6.45) is 11.8. The molecule has 1 aromatic heterocycles. The van der Waals surface area contributed by atoms with Gasteiger partial charge in [0.1, 0.15) is 6.04 Å². The van der Waals surface area contributed by atoms with Crippen LogP contribution in [-0.2, 0) is 11.2 Å². The maximum Gasteiger partial charge on any atom is 0.266 e. The molecule has 0 saturated heterocycles. The number of aromatic amines is 1. The summed E-state index contributed by atoms with van der Waals surface area (Å²) in [7, 11) is 0. The number of nitrogens with zero attached hydrogens (tertiary/aromatic N) is 1. The number of imidazole rings is 1. The molecule has 2 aromatic rings. The summed E-state index contributed by atoms with van der Waals surface area (Å²) in [6.45, 7) is 2.14. The molecule has 0 saturated carbocycles. The molecule has 1 aliphatic carbocycles. The molecule has 146 valence electrons.